The quantitative estimate of drug-likeness (QED) is 0.420. The van der Waals surface area contributed by atoms with Crippen LogP contribution in [0.2, 0.25) is 5.15 Å². The predicted molar refractivity (Wildman–Crippen MR) is 147 cm³/mol. The van der Waals surface area contributed by atoms with Crippen LogP contribution in [-0.2, 0) is 14.3 Å². The maximum atomic E-state index is 14.1. The summed E-state index contributed by atoms with van der Waals surface area (Å²) in [6.07, 6.45) is 2.48. The molecule has 1 aliphatic carbocycles. The van der Waals surface area contributed by atoms with E-state index in [9.17, 15) is 18.8 Å². The smallest absolute Gasteiger partial charge is 0.408 e. The Balaban J connectivity index is 1.48. The van der Waals surface area contributed by atoms with Gasteiger partial charge < -0.3 is 25.0 Å². The molecule has 1 aromatic heterocycles. The van der Waals surface area contributed by atoms with E-state index in [-0.39, 0.29) is 47.5 Å². The standard InChI is InChI=1S/C28H35ClFN5O5/c1-16(36)21-13-18(39-23-14-22(29)32-26(33-23)31-20-12-8-7-11-19(20)30)15-35(21)25(37)24(28(2,3)4)34-27(38)40-17-9-5-6-10-17/h7-8,11-12,14,17-18,21,24H,5-6,9-10,13,15H2,1-4H3,(H,34,38)(H,31,32,33)/t18-,21+,24-/m1/s1. The number of hydrogen-bond acceptors (Lipinski definition) is 8. The summed E-state index contributed by atoms with van der Waals surface area (Å²) in [5.74, 6) is -0.963. The van der Waals surface area contributed by atoms with Gasteiger partial charge in [0.15, 0.2) is 5.78 Å². The van der Waals surface area contributed by atoms with Crippen molar-refractivity contribution in [2.75, 3.05) is 11.9 Å². The molecule has 0 unspecified atom stereocenters. The van der Waals surface area contributed by atoms with Crippen LogP contribution < -0.4 is 15.4 Å². The summed E-state index contributed by atoms with van der Waals surface area (Å²) < 4.78 is 25.6. The van der Waals surface area contributed by atoms with Gasteiger partial charge in [-0.2, -0.15) is 4.98 Å². The first-order valence-electron chi connectivity index (χ1n) is 13.4. The van der Waals surface area contributed by atoms with Crippen LogP contribution in [0.4, 0.5) is 20.8 Å². The van der Waals surface area contributed by atoms with E-state index in [1.807, 2.05) is 20.8 Å². The highest BCUT2D eigenvalue weighted by Gasteiger charge is 2.45. The maximum Gasteiger partial charge on any atom is 0.408 e. The Bertz CT molecular complexity index is 1250. The van der Waals surface area contributed by atoms with Crippen LogP contribution in [0.15, 0.2) is 30.3 Å². The molecule has 0 bridgehead atoms. The topological polar surface area (TPSA) is 123 Å². The van der Waals surface area contributed by atoms with Gasteiger partial charge in [-0.3, -0.25) is 9.59 Å². The minimum Gasteiger partial charge on any atom is -0.472 e. The lowest BCUT2D eigenvalue weighted by atomic mass is 9.85. The zero-order valence-electron chi connectivity index (χ0n) is 23.1. The summed E-state index contributed by atoms with van der Waals surface area (Å²) in [7, 11) is 0. The average molecular weight is 576 g/mol. The zero-order chi connectivity index (χ0) is 29.0. The Morgan fingerprint density at radius 3 is 2.48 bits per heavy atom. The molecule has 1 aromatic carbocycles. The fraction of sp³-hybridized carbons (Fsp3) is 0.536. The van der Waals surface area contributed by atoms with E-state index in [1.165, 1.54) is 30.0 Å². The van der Waals surface area contributed by atoms with Gasteiger partial charge in [-0.15, -0.1) is 0 Å². The van der Waals surface area contributed by atoms with E-state index in [2.05, 4.69) is 20.6 Å². The number of Topliss-reactive ketones (excluding diaryl/α,β-unsaturated/α-hetero) is 1. The second-order valence-corrected chi connectivity index (χ2v) is 11.7. The molecule has 0 radical (unpaired) electrons. The first kappa shape index (κ1) is 29.5. The Hall–Kier alpha value is -3.47. The molecule has 2 fully saturated rings. The fourth-order valence-corrected chi connectivity index (χ4v) is 5.18. The summed E-state index contributed by atoms with van der Waals surface area (Å²) in [5.41, 5.74) is -0.489. The molecule has 2 N–H and O–H groups in total. The lowest BCUT2D eigenvalue weighted by molar-refractivity contribution is -0.141. The number of ether oxygens (including phenoxy) is 2. The lowest BCUT2D eigenvalue weighted by Crippen LogP contribution is -2.57. The lowest BCUT2D eigenvalue weighted by Gasteiger charge is -2.35. The molecule has 4 rings (SSSR count). The number of para-hydroxylation sites is 1. The van der Waals surface area contributed by atoms with E-state index < -0.39 is 41.4 Å². The third kappa shape index (κ3) is 7.38. The number of likely N-dealkylation sites (tertiary alicyclic amines) is 1. The number of carbonyl (C=O) groups excluding carboxylic acids is 3. The van der Waals surface area contributed by atoms with Crippen molar-refractivity contribution in [1.82, 2.24) is 20.2 Å². The number of rotatable bonds is 8. The van der Waals surface area contributed by atoms with Crippen LogP contribution in [0.25, 0.3) is 0 Å². The van der Waals surface area contributed by atoms with E-state index >= 15 is 0 Å². The minimum atomic E-state index is -0.924. The van der Waals surface area contributed by atoms with Crippen LogP contribution in [0.5, 0.6) is 5.88 Å². The van der Waals surface area contributed by atoms with Gasteiger partial charge in [0.2, 0.25) is 17.7 Å². The molecule has 12 heteroatoms. The maximum absolute atomic E-state index is 14.1. The largest absolute Gasteiger partial charge is 0.472 e. The highest BCUT2D eigenvalue weighted by molar-refractivity contribution is 6.29. The number of aromatic nitrogens is 2. The molecular weight excluding hydrogens is 541 g/mol. The van der Waals surface area contributed by atoms with Gasteiger partial charge >= 0.3 is 6.09 Å². The molecule has 40 heavy (non-hydrogen) atoms. The predicted octanol–water partition coefficient (Wildman–Crippen LogP) is 5.03. The van der Waals surface area contributed by atoms with E-state index in [0.29, 0.717) is 0 Å². The third-order valence-corrected chi connectivity index (χ3v) is 7.24. The highest BCUT2D eigenvalue weighted by atomic mass is 35.5. The molecule has 2 aliphatic rings. The van der Waals surface area contributed by atoms with Gasteiger partial charge in [0.1, 0.15) is 29.2 Å². The minimum absolute atomic E-state index is 0.0272. The number of ketones is 1. The number of nitrogens with one attached hydrogen (secondary N) is 2. The van der Waals surface area contributed by atoms with Gasteiger partial charge in [-0.05, 0) is 50.2 Å². The summed E-state index contributed by atoms with van der Waals surface area (Å²) >= 11 is 6.17. The average Bonchev–Trinajstić information content (AvgIpc) is 3.53. The molecule has 2 amide bonds. The molecule has 2 aromatic rings. The van der Waals surface area contributed by atoms with Crippen molar-refractivity contribution in [2.45, 2.75) is 84.1 Å². The molecule has 1 aliphatic heterocycles. The number of nitrogens with zero attached hydrogens (tertiary/aromatic N) is 3. The van der Waals surface area contributed by atoms with Crippen molar-refractivity contribution in [1.29, 1.82) is 0 Å². The fourth-order valence-electron chi connectivity index (χ4n) is 5.00. The van der Waals surface area contributed by atoms with Crippen molar-refractivity contribution >= 4 is 41.0 Å². The third-order valence-electron chi connectivity index (χ3n) is 7.05. The Labute approximate surface area is 238 Å². The normalized spacial score (nSPS) is 20.2. The number of benzene rings is 1. The van der Waals surface area contributed by atoms with Crippen molar-refractivity contribution in [3.63, 3.8) is 0 Å². The first-order chi connectivity index (χ1) is 18.9. The number of anilines is 2. The van der Waals surface area contributed by atoms with Crippen LogP contribution in [0, 0.1) is 11.2 Å². The van der Waals surface area contributed by atoms with Gasteiger partial charge in [0.05, 0.1) is 18.3 Å². The zero-order valence-corrected chi connectivity index (χ0v) is 23.8. The number of carbonyl (C=O) groups is 3. The highest BCUT2D eigenvalue weighted by Crippen LogP contribution is 2.30. The number of amides is 2. The van der Waals surface area contributed by atoms with E-state index in [1.54, 1.807) is 12.1 Å². The molecule has 216 valence electrons. The monoisotopic (exact) mass is 575 g/mol. The van der Waals surface area contributed by atoms with Crippen molar-refractivity contribution < 1.29 is 28.2 Å². The molecular formula is C28H35ClFN5O5. The van der Waals surface area contributed by atoms with Gasteiger partial charge in [0, 0.05) is 12.5 Å². The van der Waals surface area contributed by atoms with Crippen LogP contribution in [-0.4, -0.2) is 63.5 Å². The summed E-state index contributed by atoms with van der Waals surface area (Å²) in [5, 5.41) is 5.59. The summed E-state index contributed by atoms with van der Waals surface area (Å²) in [6, 6.07) is 5.78. The second-order valence-electron chi connectivity index (χ2n) is 11.3. The van der Waals surface area contributed by atoms with Crippen molar-refractivity contribution in [3.05, 3.63) is 41.3 Å². The molecule has 1 saturated heterocycles. The molecule has 10 nitrogen and oxygen atoms in total. The summed E-state index contributed by atoms with van der Waals surface area (Å²) in [6.45, 7) is 7.02. The Kier molecular flexibility index (Phi) is 9.12. The summed E-state index contributed by atoms with van der Waals surface area (Å²) in [4.78, 5) is 48.8. The van der Waals surface area contributed by atoms with Crippen LogP contribution in [0.3, 0.4) is 0 Å². The van der Waals surface area contributed by atoms with Crippen molar-refractivity contribution in [3.8, 4) is 5.88 Å². The number of hydrogen-bond donors (Lipinski definition) is 2. The number of alkyl carbamates (subject to hydrolysis) is 1. The van der Waals surface area contributed by atoms with E-state index in [0.717, 1.165) is 25.7 Å². The van der Waals surface area contributed by atoms with Gasteiger partial charge in [-0.1, -0.05) is 44.5 Å². The Morgan fingerprint density at radius 2 is 1.82 bits per heavy atom. The molecule has 3 atom stereocenters. The van der Waals surface area contributed by atoms with Crippen LogP contribution >= 0.6 is 11.6 Å². The van der Waals surface area contributed by atoms with E-state index in [4.69, 9.17) is 21.1 Å². The molecule has 2 heterocycles. The molecule has 1 saturated carbocycles. The van der Waals surface area contributed by atoms with Crippen molar-refractivity contribution in [2.24, 2.45) is 5.41 Å². The van der Waals surface area contributed by atoms with Gasteiger partial charge in [-0.25, -0.2) is 14.2 Å². The number of halogens is 2. The van der Waals surface area contributed by atoms with Gasteiger partial charge in [0.25, 0.3) is 0 Å². The SMILES string of the molecule is CC(=O)[C@@H]1C[C@@H](Oc2cc(Cl)nc(Nc3ccccc3F)n2)CN1C(=O)[C@@H](NC(=O)OC1CCCC1)C(C)(C)C. The first-order valence-corrected chi connectivity index (χ1v) is 13.8. The van der Waals surface area contributed by atoms with Crippen LogP contribution in [0.1, 0.15) is 59.8 Å². The molecule has 0 spiro atoms. The second kappa shape index (κ2) is 12.4. The Morgan fingerprint density at radius 1 is 1.12 bits per heavy atom.